The van der Waals surface area contributed by atoms with Gasteiger partial charge in [0.05, 0.1) is 35.2 Å². The maximum Gasteiger partial charge on any atom is 0.410 e. The highest BCUT2D eigenvalue weighted by Gasteiger charge is 2.49. The van der Waals surface area contributed by atoms with Crippen molar-refractivity contribution >= 4 is 28.7 Å². The SMILES string of the molecule is Cn1cc(-c2cc3ncccc3c(-c3ccc(N4CC5CC(C4)N5C(=O)C4CCN(C(=O)OC(C)(C)C)CC4)nc3)n2)cn1. The highest BCUT2D eigenvalue weighted by atomic mass is 16.6. The van der Waals surface area contributed by atoms with Gasteiger partial charge in [-0.15, -0.1) is 0 Å². The Morgan fingerprint density at radius 2 is 1.75 bits per heavy atom. The summed E-state index contributed by atoms with van der Waals surface area (Å²) >= 11 is 0. The van der Waals surface area contributed by atoms with Crippen LogP contribution in [0, 0.1) is 5.92 Å². The molecule has 0 saturated carbocycles. The third kappa shape index (κ3) is 5.35. The number of amides is 2. The summed E-state index contributed by atoms with van der Waals surface area (Å²) in [6.45, 7) is 8.27. The van der Waals surface area contributed by atoms with Gasteiger partial charge in [-0.2, -0.15) is 5.10 Å². The number of likely N-dealkylation sites (tertiary alicyclic amines) is 1. The van der Waals surface area contributed by atoms with Crippen LogP contribution in [0.3, 0.4) is 0 Å². The summed E-state index contributed by atoms with van der Waals surface area (Å²) in [6.07, 6.45) is 9.54. The molecular formula is C33H38N8O3. The lowest BCUT2D eigenvalue weighted by Gasteiger charge is -2.57. The molecule has 0 spiro atoms. The Morgan fingerprint density at radius 3 is 2.41 bits per heavy atom. The number of piperazine rings is 1. The average Bonchev–Trinajstić information content (AvgIpc) is 3.46. The second-order valence-electron chi connectivity index (χ2n) is 13.2. The maximum absolute atomic E-state index is 13.5. The highest BCUT2D eigenvalue weighted by molar-refractivity contribution is 5.94. The highest BCUT2D eigenvalue weighted by Crippen LogP contribution is 2.37. The number of ether oxygens (including phenoxy) is 1. The molecule has 4 saturated heterocycles. The number of rotatable bonds is 4. The van der Waals surface area contributed by atoms with E-state index in [0.717, 1.165) is 58.7 Å². The van der Waals surface area contributed by atoms with E-state index in [1.54, 1.807) is 15.8 Å². The number of aryl methyl sites for hydroxylation is 1. The van der Waals surface area contributed by atoms with Gasteiger partial charge >= 0.3 is 6.09 Å². The second-order valence-corrected chi connectivity index (χ2v) is 13.2. The van der Waals surface area contributed by atoms with E-state index in [9.17, 15) is 9.59 Å². The third-order valence-corrected chi connectivity index (χ3v) is 8.89. The van der Waals surface area contributed by atoms with Gasteiger partial charge in [-0.1, -0.05) is 0 Å². The zero-order valence-corrected chi connectivity index (χ0v) is 25.7. The Kier molecular flexibility index (Phi) is 6.98. The van der Waals surface area contributed by atoms with Crippen molar-refractivity contribution < 1.29 is 14.3 Å². The molecule has 2 unspecified atom stereocenters. The summed E-state index contributed by atoms with van der Waals surface area (Å²) in [6, 6.07) is 10.5. The molecule has 4 aliphatic rings. The first-order valence-corrected chi connectivity index (χ1v) is 15.4. The Bertz CT molecular complexity index is 1690. The molecule has 0 aromatic carbocycles. The van der Waals surface area contributed by atoms with Crippen LogP contribution in [0.1, 0.15) is 40.0 Å². The molecule has 11 nitrogen and oxygen atoms in total. The number of carbonyl (C=O) groups excluding carboxylic acids is 2. The fourth-order valence-electron chi connectivity index (χ4n) is 6.71. The lowest BCUT2D eigenvalue weighted by molar-refractivity contribution is -0.152. The first-order valence-electron chi connectivity index (χ1n) is 15.4. The molecule has 2 bridgehead atoms. The number of pyridine rings is 3. The predicted molar refractivity (Wildman–Crippen MR) is 167 cm³/mol. The van der Waals surface area contributed by atoms with E-state index in [-0.39, 0.29) is 30.0 Å². The van der Waals surface area contributed by atoms with E-state index < -0.39 is 5.60 Å². The van der Waals surface area contributed by atoms with Gasteiger partial charge in [0.2, 0.25) is 5.91 Å². The van der Waals surface area contributed by atoms with Crippen molar-refractivity contribution in [3.05, 3.63) is 55.1 Å². The van der Waals surface area contributed by atoms with E-state index in [2.05, 4.69) is 32.0 Å². The van der Waals surface area contributed by atoms with Crippen molar-refractivity contribution in [2.45, 2.75) is 57.7 Å². The summed E-state index contributed by atoms with van der Waals surface area (Å²) in [5.41, 5.74) is 3.87. The van der Waals surface area contributed by atoms with Gasteiger partial charge in [0.15, 0.2) is 0 Å². The molecule has 4 fully saturated rings. The van der Waals surface area contributed by atoms with Gasteiger partial charge in [-0.3, -0.25) is 14.5 Å². The molecule has 228 valence electrons. The molecular weight excluding hydrogens is 556 g/mol. The van der Waals surface area contributed by atoms with Crippen LogP contribution >= 0.6 is 0 Å². The Labute approximate surface area is 256 Å². The standard InChI is InChI=1S/C33H38N8O3/c1-33(2,3)44-32(43)39-12-9-21(10-13-39)31(42)41-24-14-25(41)20-40(19-24)29-8-7-22(16-35-29)30-26-6-5-11-34-28(26)15-27(37-30)23-17-36-38(4)18-23/h5-8,11,15-18,21,24-25H,9-10,12-14,19-20H2,1-4H3. The fourth-order valence-corrected chi connectivity index (χ4v) is 6.71. The summed E-state index contributed by atoms with van der Waals surface area (Å²) in [4.78, 5) is 46.5. The number of hydrogen-bond acceptors (Lipinski definition) is 8. The van der Waals surface area contributed by atoms with Crippen molar-refractivity contribution in [2.24, 2.45) is 13.0 Å². The van der Waals surface area contributed by atoms with Gasteiger partial charge in [-0.25, -0.2) is 14.8 Å². The molecule has 2 amide bonds. The minimum absolute atomic E-state index is 0.0396. The van der Waals surface area contributed by atoms with Crippen LogP contribution in [0.25, 0.3) is 33.4 Å². The number of aromatic nitrogens is 5. The summed E-state index contributed by atoms with van der Waals surface area (Å²) in [5.74, 6) is 1.10. The van der Waals surface area contributed by atoms with Gasteiger partial charge in [0.25, 0.3) is 0 Å². The van der Waals surface area contributed by atoms with E-state index >= 15 is 0 Å². The number of piperidine rings is 2. The predicted octanol–water partition coefficient (Wildman–Crippen LogP) is 4.53. The average molecular weight is 595 g/mol. The number of nitrogens with zero attached hydrogens (tertiary/aromatic N) is 8. The zero-order valence-electron chi connectivity index (χ0n) is 25.7. The lowest BCUT2D eigenvalue weighted by Crippen LogP contribution is -2.71. The van der Waals surface area contributed by atoms with Crippen molar-refractivity contribution in [2.75, 3.05) is 31.1 Å². The Morgan fingerprint density at radius 1 is 0.977 bits per heavy atom. The second kappa shape index (κ2) is 10.9. The van der Waals surface area contributed by atoms with Crippen molar-refractivity contribution in [1.82, 2.24) is 34.5 Å². The third-order valence-electron chi connectivity index (χ3n) is 8.89. The monoisotopic (exact) mass is 594 g/mol. The summed E-state index contributed by atoms with van der Waals surface area (Å²) in [5, 5.41) is 5.28. The first kappa shape index (κ1) is 28.2. The summed E-state index contributed by atoms with van der Waals surface area (Å²) < 4.78 is 7.28. The van der Waals surface area contributed by atoms with Crippen LogP contribution < -0.4 is 4.90 Å². The molecule has 0 aliphatic carbocycles. The van der Waals surface area contributed by atoms with Crippen molar-refractivity contribution in [3.8, 4) is 22.5 Å². The van der Waals surface area contributed by atoms with Gasteiger partial charge in [0.1, 0.15) is 11.4 Å². The van der Waals surface area contributed by atoms with Crippen LogP contribution in [0.2, 0.25) is 0 Å². The molecule has 4 aliphatic heterocycles. The van der Waals surface area contributed by atoms with Gasteiger partial charge in [0, 0.05) is 74.2 Å². The zero-order chi connectivity index (χ0) is 30.6. The molecule has 8 rings (SSSR count). The van der Waals surface area contributed by atoms with Crippen molar-refractivity contribution in [1.29, 1.82) is 0 Å². The molecule has 0 radical (unpaired) electrons. The lowest BCUT2D eigenvalue weighted by atomic mass is 9.84. The number of carbonyl (C=O) groups is 2. The Balaban J connectivity index is 1.01. The van der Waals surface area contributed by atoms with Crippen LogP contribution in [0.5, 0.6) is 0 Å². The van der Waals surface area contributed by atoms with Crippen LogP contribution in [-0.2, 0) is 16.6 Å². The van der Waals surface area contributed by atoms with E-state index in [4.69, 9.17) is 14.7 Å². The Hall–Kier alpha value is -4.54. The fraction of sp³-hybridized carbons (Fsp3) is 0.455. The molecule has 4 aromatic rings. The van der Waals surface area contributed by atoms with Crippen LogP contribution in [0.4, 0.5) is 10.6 Å². The normalized spacial score (nSPS) is 20.5. The summed E-state index contributed by atoms with van der Waals surface area (Å²) in [7, 11) is 1.89. The van der Waals surface area contributed by atoms with Crippen LogP contribution in [-0.4, -0.2) is 90.4 Å². The molecule has 11 heteroatoms. The van der Waals surface area contributed by atoms with Gasteiger partial charge in [-0.05, 0) is 70.4 Å². The number of anilines is 1. The minimum atomic E-state index is -0.520. The smallest absolute Gasteiger partial charge is 0.410 e. The molecule has 0 N–H and O–H groups in total. The molecule has 4 aromatic heterocycles. The molecule has 8 heterocycles. The van der Waals surface area contributed by atoms with Crippen LogP contribution in [0.15, 0.2) is 55.1 Å². The largest absolute Gasteiger partial charge is 0.444 e. The maximum atomic E-state index is 13.5. The van der Waals surface area contributed by atoms with E-state index in [0.29, 0.717) is 25.9 Å². The minimum Gasteiger partial charge on any atom is -0.444 e. The number of fused-ring (bicyclic) bond motifs is 3. The topological polar surface area (TPSA) is 110 Å². The quantitative estimate of drug-likeness (QED) is 0.339. The van der Waals surface area contributed by atoms with E-state index in [1.165, 1.54) is 0 Å². The molecule has 2 atom stereocenters. The first-order chi connectivity index (χ1) is 21.1. The number of hydrogen-bond donors (Lipinski definition) is 0. The van der Waals surface area contributed by atoms with E-state index in [1.807, 2.05) is 64.6 Å². The molecule has 44 heavy (non-hydrogen) atoms. The van der Waals surface area contributed by atoms with Crippen molar-refractivity contribution in [3.63, 3.8) is 0 Å². The van der Waals surface area contributed by atoms with Gasteiger partial charge < -0.3 is 19.4 Å².